The summed E-state index contributed by atoms with van der Waals surface area (Å²) in [6, 6.07) is 14.7. The predicted molar refractivity (Wildman–Crippen MR) is 87.4 cm³/mol. The van der Waals surface area contributed by atoms with Crippen molar-refractivity contribution in [1.82, 2.24) is 5.32 Å². The van der Waals surface area contributed by atoms with E-state index in [0.717, 1.165) is 10.2 Å². The summed E-state index contributed by atoms with van der Waals surface area (Å²) in [6.45, 7) is 4.79. The number of hydrogen-bond donors (Lipinski definition) is 1. The normalized spacial score (nSPS) is 12.2. The van der Waals surface area contributed by atoms with Gasteiger partial charge in [-0.25, -0.2) is 0 Å². The van der Waals surface area contributed by atoms with E-state index < -0.39 is 0 Å². The Bertz CT molecular complexity index is 583. The van der Waals surface area contributed by atoms with E-state index in [1.54, 1.807) is 0 Å². The minimum absolute atomic E-state index is 0.143. The molecule has 0 aliphatic rings. The second-order valence-electron chi connectivity index (χ2n) is 4.71. The first-order valence-electron chi connectivity index (χ1n) is 6.82. The Labute approximate surface area is 129 Å². The van der Waals surface area contributed by atoms with Gasteiger partial charge in [0.05, 0.1) is 12.6 Å². The average molecular weight is 334 g/mol. The first kappa shape index (κ1) is 15.1. The fourth-order valence-corrected chi connectivity index (χ4v) is 2.84. The van der Waals surface area contributed by atoms with E-state index in [9.17, 15) is 0 Å². The molecule has 0 spiro atoms. The minimum atomic E-state index is 0.143. The summed E-state index contributed by atoms with van der Waals surface area (Å²) in [6.07, 6.45) is 0. The first-order valence-corrected chi connectivity index (χ1v) is 7.61. The Kier molecular flexibility index (Phi) is 5.21. The summed E-state index contributed by atoms with van der Waals surface area (Å²) in [4.78, 5) is 0. The van der Waals surface area contributed by atoms with Crippen molar-refractivity contribution < 1.29 is 4.74 Å². The molecule has 0 amide bonds. The molecular formula is C17H20BrNO. The van der Waals surface area contributed by atoms with Crippen LogP contribution in [0.2, 0.25) is 0 Å². The van der Waals surface area contributed by atoms with Crippen molar-refractivity contribution in [1.29, 1.82) is 0 Å². The highest BCUT2D eigenvalue weighted by Gasteiger charge is 2.16. The number of nitrogens with one attached hydrogen (secondary N) is 1. The SMILES string of the molecule is CCOc1cccc(C(NC)c2cccc(C)c2Br)c1. The van der Waals surface area contributed by atoms with Gasteiger partial charge in [-0.15, -0.1) is 0 Å². The number of ether oxygens (including phenoxy) is 1. The van der Waals surface area contributed by atoms with Gasteiger partial charge in [0.1, 0.15) is 5.75 Å². The summed E-state index contributed by atoms with van der Waals surface area (Å²) in [7, 11) is 1.98. The van der Waals surface area contributed by atoms with E-state index in [2.05, 4.69) is 58.5 Å². The van der Waals surface area contributed by atoms with Crippen LogP contribution in [0.5, 0.6) is 5.75 Å². The molecule has 1 atom stereocenters. The predicted octanol–water partition coefficient (Wildman–Crippen LogP) is 4.47. The van der Waals surface area contributed by atoms with Crippen molar-refractivity contribution in [2.24, 2.45) is 0 Å². The molecule has 1 N–H and O–H groups in total. The molecule has 3 heteroatoms. The third-order valence-electron chi connectivity index (χ3n) is 3.32. The molecule has 0 aliphatic carbocycles. The van der Waals surface area contributed by atoms with Gasteiger partial charge in [-0.05, 0) is 49.7 Å². The molecule has 0 bridgehead atoms. The van der Waals surface area contributed by atoms with E-state index in [1.165, 1.54) is 16.7 Å². The quantitative estimate of drug-likeness (QED) is 0.871. The Morgan fingerprint density at radius 2 is 1.95 bits per heavy atom. The molecule has 2 aromatic rings. The van der Waals surface area contributed by atoms with E-state index in [-0.39, 0.29) is 6.04 Å². The van der Waals surface area contributed by atoms with Crippen LogP contribution in [-0.2, 0) is 0 Å². The van der Waals surface area contributed by atoms with Gasteiger partial charge in [0, 0.05) is 4.47 Å². The molecule has 2 nitrogen and oxygen atoms in total. The third-order valence-corrected chi connectivity index (χ3v) is 4.41. The van der Waals surface area contributed by atoms with Crippen molar-refractivity contribution in [3.8, 4) is 5.75 Å². The van der Waals surface area contributed by atoms with Gasteiger partial charge in [0.2, 0.25) is 0 Å². The fourth-order valence-electron chi connectivity index (χ4n) is 2.35. The lowest BCUT2D eigenvalue weighted by atomic mass is 9.97. The van der Waals surface area contributed by atoms with Gasteiger partial charge in [0.25, 0.3) is 0 Å². The van der Waals surface area contributed by atoms with E-state index in [1.807, 2.05) is 26.1 Å². The van der Waals surface area contributed by atoms with Crippen LogP contribution in [0.3, 0.4) is 0 Å². The zero-order valence-corrected chi connectivity index (χ0v) is 13.7. The molecule has 2 rings (SSSR count). The summed E-state index contributed by atoms with van der Waals surface area (Å²) >= 11 is 3.70. The van der Waals surface area contributed by atoms with Crippen molar-refractivity contribution in [3.63, 3.8) is 0 Å². The molecule has 1 unspecified atom stereocenters. The highest BCUT2D eigenvalue weighted by atomic mass is 79.9. The summed E-state index contributed by atoms with van der Waals surface area (Å²) in [5.41, 5.74) is 3.68. The topological polar surface area (TPSA) is 21.3 Å². The van der Waals surface area contributed by atoms with Crippen molar-refractivity contribution in [2.45, 2.75) is 19.9 Å². The molecule has 0 saturated heterocycles. The van der Waals surface area contributed by atoms with Crippen LogP contribution in [0, 0.1) is 6.92 Å². The second kappa shape index (κ2) is 6.91. The monoisotopic (exact) mass is 333 g/mol. The van der Waals surface area contributed by atoms with Gasteiger partial charge >= 0.3 is 0 Å². The number of rotatable bonds is 5. The number of aryl methyl sites for hydroxylation is 1. The lowest BCUT2D eigenvalue weighted by molar-refractivity contribution is 0.339. The Morgan fingerprint density at radius 3 is 2.65 bits per heavy atom. The van der Waals surface area contributed by atoms with Crippen molar-refractivity contribution in [3.05, 3.63) is 63.6 Å². The zero-order valence-electron chi connectivity index (χ0n) is 12.1. The van der Waals surface area contributed by atoms with Crippen LogP contribution >= 0.6 is 15.9 Å². The van der Waals surface area contributed by atoms with Gasteiger partial charge in [-0.2, -0.15) is 0 Å². The lowest BCUT2D eigenvalue weighted by Gasteiger charge is -2.20. The first-order chi connectivity index (χ1) is 9.67. The van der Waals surface area contributed by atoms with Gasteiger partial charge in [0.15, 0.2) is 0 Å². The molecular weight excluding hydrogens is 314 g/mol. The highest BCUT2D eigenvalue weighted by Crippen LogP contribution is 2.31. The van der Waals surface area contributed by atoms with Crippen molar-refractivity contribution >= 4 is 15.9 Å². The van der Waals surface area contributed by atoms with Crippen LogP contribution in [0.4, 0.5) is 0 Å². The maximum Gasteiger partial charge on any atom is 0.119 e. The largest absolute Gasteiger partial charge is 0.494 e. The molecule has 106 valence electrons. The Balaban J connectivity index is 2.41. The van der Waals surface area contributed by atoms with E-state index in [0.29, 0.717) is 6.61 Å². The number of halogens is 1. The molecule has 0 radical (unpaired) electrons. The van der Waals surface area contributed by atoms with Crippen LogP contribution in [-0.4, -0.2) is 13.7 Å². The number of benzene rings is 2. The van der Waals surface area contributed by atoms with E-state index >= 15 is 0 Å². The lowest BCUT2D eigenvalue weighted by Crippen LogP contribution is -2.18. The van der Waals surface area contributed by atoms with E-state index in [4.69, 9.17) is 4.74 Å². The Morgan fingerprint density at radius 1 is 1.20 bits per heavy atom. The smallest absolute Gasteiger partial charge is 0.119 e. The average Bonchev–Trinajstić information content (AvgIpc) is 2.45. The maximum absolute atomic E-state index is 5.59. The standard InChI is InChI=1S/C17H20BrNO/c1-4-20-14-9-6-8-13(11-14)17(19-3)15-10-5-7-12(2)16(15)18/h5-11,17,19H,4H2,1-3H3. The molecule has 0 aliphatic heterocycles. The van der Waals surface area contributed by atoms with Gasteiger partial charge in [-0.3, -0.25) is 0 Å². The molecule has 0 saturated carbocycles. The Hall–Kier alpha value is -1.32. The van der Waals surface area contributed by atoms with Crippen molar-refractivity contribution in [2.75, 3.05) is 13.7 Å². The van der Waals surface area contributed by atoms with Gasteiger partial charge < -0.3 is 10.1 Å². The second-order valence-corrected chi connectivity index (χ2v) is 5.50. The summed E-state index contributed by atoms with van der Waals surface area (Å²) in [5.74, 6) is 0.911. The van der Waals surface area contributed by atoms with Crippen LogP contribution < -0.4 is 10.1 Å². The van der Waals surface area contributed by atoms with Crippen LogP contribution in [0.15, 0.2) is 46.9 Å². The molecule has 0 heterocycles. The summed E-state index contributed by atoms with van der Waals surface area (Å²) < 4.78 is 6.75. The highest BCUT2D eigenvalue weighted by molar-refractivity contribution is 9.10. The van der Waals surface area contributed by atoms with Crippen LogP contribution in [0.25, 0.3) is 0 Å². The van der Waals surface area contributed by atoms with Gasteiger partial charge in [-0.1, -0.05) is 46.3 Å². The minimum Gasteiger partial charge on any atom is -0.494 e. The number of hydrogen-bond acceptors (Lipinski definition) is 2. The molecule has 2 aromatic carbocycles. The third kappa shape index (κ3) is 3.22. The van der Waals surface area contributed by atoms with Crippen LogP contribution in [0.1, 0.15) is 29.7 Å². The fraction of sp³-hybridized carbons (Fsp3) is 0.294. The molecule has 0 aromatic heterocycles. The molecule has 0 fully saturated rings. The molecule has 20 heavy (non-hydrogen) atoms. The maximum atomic E-state index is 5.59. The summed E-state index contributed by atoms with van der Waals surface area (Å²) in [5, 5.41) is 3.39. The zero-order chi connectivity index (χ0) is 14.5.